The molecule has 0 unspecified atom stereocenters. The van der Waals surface area contributed by atoms with E-state index >= 15 is 4.39 Å². The van der Waals surface area contributed by atoms with E-state index in [9.17, 15) is 4.39 Å². The fourth-order valence-electron chi connectivity index (χ4n) is 4.42. The Morgan fingerprint density at radius 3 is 2.67 bits per heavy atom. The van der Waals surface area contributed by atoms with Crippen LogP contribution in [-0.4, -0.2) is 44.8 Å². The molecule has 0 aliphatic carbocycles. The summed E-state index contributed by atoms with van der Waals surface area (Å²) in [6, 6.07) is 11.9. The predicted octanol–water partition coefficient (Wildman–Crippen LogP) is 5.22. The van der Waals surface area contributed by atoms with Gasteiger partial charge in [-0.15, -0.1) is 0 Å². The van der Waals surface area contributed by atoms with Crippen LogP contribution in [0.5, 0.6) is 0 Å². The van der Waals surface area contributed by atoms with Crippen molar-refractivity contribution < 1.29 is 8.78 Å². The minimum absolute atomic E-state index is 0.0690. The van der Waals surface area contributed by atoms with Crippen molar-refractivity contribution in [2.45, 2.75) is 25.4 Å². The van der Waals surface area contributed by atoms with Crippen molar-refractivity contribution in [2.75, 3.05) is 25.5 Å². The van der Waals surface area contributed by atoms with Crippen LogP contribution in [0.15, 0.2) is 61.1 Å². The van der Waals surface area contributed by atoms with Gasteiger partial charge in [-0.1, -0.05) is 0 Å². The molecule has 0 radical (unpaired) electrons. The Balaban J connectivity index is 1.40. The van der Waals surface area contributed by atoms with Crippen LogP contribution >= 0.6 is 0 Å². The molecule has 0 spiro atoms. The summed E-state index contributed by atoms with van der Waals surface area (Å²) in [6.07, 6.45) is 6.66. The summed E-state index contributed by atoms with van der Waals surface area (Å²) in [4.78, 5) is 11.2. The number of nitrogens with zero attached hydrogens (tertiary/aromatic N) is 5. The highest BCUT2D eigenvalue weighted by atomic mass is 19.1. The molecule has 3 aromatic heterocycles. The van der Waals surface area contributed by atoms with Crippen molar-refractivity contribution >= 4 is 22.4 Å². The molecule has 8 heteroatoms. The molecule has 1 aliphatic heterocycles. The number of alkyl halides is 1. The number of piperidine rings is 1. The summed E-state index contributed by atoms with van der Waals surface area (Å²) in [5, 5.41) is 7.93. The van der Waals surface area contributed by atoms with Gasteiger partial charge in [-0.05, 0) is 70.2 Å². The zero-order valence-electron chi connectivity index (χ0n) is 18.7. The largest absolute Gasteiger partial charge is 0.338 e. The second kappa shape index (κ2) is 8.51. The van der Waals surface area contributed by atoms with Crippen molar-refractivity contribution in [3.8, 4) is 5.69 Å². The fourth-order valence-corrected chi connectivity index (χ4v) is 4.42. The van der Waals surface area contributed by atoms with E-state index in [0.29, 0.717) is 22.7 Å². The van der Waals surface area contributed by atoms with Crippen LogP contribution in [0.4, 0.5) is 20.3 Å². The van der Waals surface area contributed by atoms with Gasteiger partial charge in [0.1, 0.15) is 11.6 Å². The lowest BCUT2D eigenvalue weighted by Crippen LogP contribution is -2.38. The molecule has 33 heavy (non-hydrogen) atoms. The molecule has 0 saturated carbocycles. The third-order valence-corrected chi connectivity index (χ3v) is 6.54. The monoisotopic (exact) mass is 448 g/mol. The molecular weight excluding hydrogens is 422 g/mol. The lowest BCUT2D eigenvalue weighted by molar-refractivity contribution is 0.0489. The first-order chi connectivity index (χ1) is 15.9. The fraction of sp³-hybridized carbons (Fsp3) is 0.320. The molecule has 0 amide bonds. The maximum absolute atomic E-state index is 15.8. The third kappa shape index (κ3) is 4.30. The maximum atomic E-state index is 15.8. The van der Waals surface area contributed by atoms with E-state index in [1.54, 1.807) is 60.5 Å². The van der Waals surface area contributed by atoms with Gasteiger partial charge in [0.2, 0.25) is 0 Å². The first kappa shape index (κ1) is 21.5. The average Bonchev–Trinajstić information content (AvgIpc) is 3.35. The van der Waals surface area contributed by atoms with E-state index in [4.69, 9.17) is 0 Å². The zero-order chi connectivity index (χ0) is 23.0. The van der Waals surface area contributed by atoms with Crippen molar-refractivity contribution in [1.29, 1.82) is 0 Å². The van der Waals surface area contributed by atoms with Crippen LogP contribution < -0.4 is 5.32 Å². The molecule has 6 nitrogen and oxygen atoms in total. The van der Waals surface area contributed by atoms with Gasteiger partial charge < -0.3 is 10.2 Å². The highest BCUT2D eigenvalue weighted by molar-refractivity contribution is 5.81. The minimum atomic E-state index is -1.51. The SMILES string of the molecule is CN1CCC([C@](C)(F)c2ccc3cnc(Nc4ccc(-n5cccn5)cc4F)cc3n2)CC1. The van der Waals surface area contributed by atoms with E-state index in [0.717, 1.165) is 31.3 Å². The number of likely N-dealkylation sites (tertiary alicyclic amines) is 1. The lowest BCUT2D eigenvalue weighted by atomic mass is 9.81. The Morgan fingerprint density at radius 2 is 1.94 bits per heavy atom. The van der Waals surface area contributed by atoms with Crippen molar-refractivity contribution in [3.05, 3.63) is 72.6 Å². The Bertz CT molecular complexity index is 1260. The second-order valence-corrected chi connectivity index (χ2v) is 8.85. The van der Waals surface area contributed by atoms with Gasteiger partial charge in [-0.3, -0.25) is 0 Å². The number of pyridine rings is 2. The molecule has 1 aliphatic rings. The first-order valence-corrected chi connectivity index (χ1v) is 11.1. The van der Waals surface area contributed by atoms with Gasteiger partial charge in [0.05, 0.1) is 22.6 Å². The number of hydrogen-bond donors (Lipinski definition) is 1. The minimum Gasteiger partial charge on any atom is -0.338 e. The molecule has 1 saturated heterocycles. The average molecular weight is 449 g/mol. The van der Waals surface area contributed by atoms with Crippen LogP contribution in [0.1, 0.15) is 25.5 Å². The molecular formula is C25H26F2N6. The van der Waals surface area contributed by atoms with Crippen LogP contribution in [0.2, 0.25) is 0 Å². The topological polar surface area (TPSA) is 58.9 Å². The number of fused-ring (bicyclic) bond motifs is 1. The molecule has 5 rings (SSSR count). The van der Waals surface area contributed by atoms with Crippen LogP contribution in [0.25, 0.3) is 16.6 Å². The summed E-state index contributed by atoms with van der Waals surface area (Å²) < 4.78 is 32.1. The third-order valence-electron chi connectivity index (χ3n) is 6.54. The lowest BCUT2D eigenvalue weighted by Gasteiger charge is -2.36. The second-order valence-electron chi connectivity index (χ2n) is 8.85. The first-order valence-electron chi connectivity index (χ1n) is 11.1. The van der Waals surface area contributed by atoms with Crippen molar-refractivity contribution in [1.82, 2.24) is 24.6 Å². The number of hydrogen-bond acceptors (Lipinski definition) is 5. The normalized spacial score (nSPS) is 17.2. The van der Waals surface area contributed by atoms with Gasteiger partial charge in [-0.25, -0.2) is 23.4 Å². The van der Waals surface area contributed by atoms with Crippen molar-refractivity contribution in [2.24, 2.45) is 5.92 Å². The highest BCUT2D eigenvalue weighted by Gasteiger charge is 2.38. The summed E-state index contributed by atoms with van der Waals surface area (Å²) >= 11 is 0. The standard InChI is InChI=1S/C25H26F2N6/c1-25(27,18-8-12-32(2)13-9-18)23-7-4-17-16-28-24(15-22(17)30-23)31-21-6-5-19(14-20(21)26)33-11-3-10-29-33/h3-7,10-11,14-16,18H,8-9,12-13H2,1-2H3,(H,28,31)/t25-/m0/s1. The predicted molar refractivity (Wildman–Crippen MR) is 125 cm³/mol. The molecule has 1 fully saturated rings. The number of benzene rings is 1. The number of nitrogens with one attached hydrogen (secondary N) is 1. The van der Waals surface area contributed by atoms with Gasteiger partial charge in [0.25, 0.3) is 0 Å². The Morgan fingerprint density at radius 1 is 1.12 bits per heavy atom. The molecule has 4 heterocycles. The molecule has 0 bridgehead atoms. The van der Waals surface area contributed by atoms with E-state index in [-0.39, 0.29) is 11.6 Å². The summed E-state index contributed by atoms with van der Waals surface area (Å²) in [5.41, 5.74) is 0.445. The number of halogens is 2. The van der Waals surface area contributed by atoms with E-state index in [2.05, 4.69) is 32.3 Å². The van der Waals surface area contributed by atoms with E-state index in [1.807, 2.05) is 6.07 Å². The van der Waals surface area contributed by atoms with Gasteiger partial charge >= 0.3 is 0 Å². The van der Waals surface area contributed by atoms with E-state index < -0.39 is 11.5 Å². The summed E-state index contributed by atoms with van der Waals surface area (Å²) in [7, 11) is 2.06. The molecule has 170 valence electrons. The van der Waals surface area contributed by atoms with Crippen molar-refractivity contribution in [3.63, 3.8) is 0 Å². The number of aromatic nitrogens is 4. The molecule has 1 aromatic carbocycles. The quantitative estimate of drug-likeness (QED) is 0.453. The van der Waals surface area contributed by atoms with Crippen LogP contribution in [0, 0.1) is 11.7 Å². The smallest absolute Gasteiger partial charge is 0.152 e. The van der Waals surface area contributed by atoms with Crippen LogP contribution in [0.3, 0.4) is 0 Å². The summed E-state index contributed by atoms with van der Waals surface area (Å²) in [6.45, 7) is 3.41. The number of rotatable bonds is 5. The van der Waals surface area contributed by atoms with Gasteiger partial charge in [0, 0.05) is 42.0 Å². The Labute approximate surface area is 191 Å². The van der Waals surface area contributed by atoms with E-state index in [1.165, 1.54) is 6.07 Å². The maximum Gasteiger partial charge on any atom is 0.152 e. The number of anilines is 2. The Kier molecular flexibility index (Phi) is 5.54. The van der Waals surface area contributed by atoms with Crippen LogP contribution in [-0.2, 0) is 5.67 Å². The summed E-state index contributed by atoms with van der Waals surface area (Å²) in [5.74, 6) is -0.0524. The molecule has 1 N–H and O–H groups in total. The molecule has 1 atom stereocenters. The highest BCUT2D eigenvalue weighted by Crippen LogP contribution is 2.39. The molecule has 4 aromatic rings. The Hall–Kier alpha value is -3.39. The zero-order valence-corrected chi connectivity index (χ0v) is 18.7. The van der Waals surface area contributed by atoms with Gasteiger partial charge in [0.15, 0.2) is 5.67 Å². The van der Waals surface area contributed by atoms with Gasteiger partial charge in [-0.2, -0.15) is 5.10 Å².